The minimum absolute atomic E-state index is 0.119. The summed E-state index contributed by atoms with van der Waals surface area (Å²) in [6, 6.07) is 25.0. The van der Waals surface area contributed by atoms with Gasteiger partial charge in [0.2, 0.25) is 0 Å². The number of aliphatic carboxylic acids is 1. The van der Waals surface area contributed by atoms with Gasteiger partial charge >= 0.3 is 5.97 Å². The largest absolute Gasteiger partial charge is 0.481 e. The fourth-order valence-electron chi connectivity index (χ4n) is 3.84. The van der Waals surface area contributed by atoms with E-state index >= 15 is 0 Å². The molecule has 7 nitrogen and oxygen atoms in total. The zero-order chi connectivity index (χ0) is 26.2. The Hall–Kier alpha value is -4.46. The molecule has 0 bridgehead atoms. The summed E-state index contributed by atoms with van der Waals surface area (Å²) in [5.74, 6) is -1.55. The Balaban J connectivity index is 1.42. The first-order valence-electron chi connectivity index (χ1n) is 11.8. The van der Waals surface area contributed by atoms with E-state index in [1.54, 1.807) is 19.1 Å². The van der Waals surface area contributed by atoms with Gasteiger partial charge in [-0.1, -0.05) is 59.8 Å². The molecule has 8 heteroatoms. The van der Waals surface area contributed by atoms with E-state index in [1.165, 1.54) is 12.1 Å². The predicted molar refractivity (Wildman–Crippen MR) is 138 cm³/mol. The molecule has 0 aliphatic heterocycles. The zero-order valence-corrected chi connectivity index (χ0v) is 20.6. The number of ether oxygens (including phenoxy) is 1. The van der Waals surface area contributed by atoms with Gasteiger partial charge in [-0.2, -0.15) is 5.10 Å². The van der Waals surface area contributed by atoms with E-state index in [-0.39, 0.29) is 18.8 Å². The Morgan fingerprint density at radius 1 is 1.03 bits per heavy atom. The molecule has 2 atom stereocenters. The molecule has 4 aromatic rings. The van der Waals surface area contributed by atoms with Crippen molar-refractivity contribution in [3.63, 3.8) is 0 Å². The molecule has 0 radical (unpaired) electrons. The second kappa shape index (κ2) is 12.0. The molecule has 0 aliphatic carbocycles. The molecule has 0 saturated carbocycles. The maximum Gasteiger partial charge on any atom is 0.312 e. The highest BCUT2D eigenvalue weighted by Crippen LogP contribution is 2.28. The third-order valence-electron chi connectivity index (χ3n) is 5.87. The summed E-state index contributed by atoms with van der Waals surface area (Å²) in [6.45, 7) is 3.68. The first-order chi connectivity index (χ1) is 17.9. The van der Waals surface area contributed by atoms with Crippen LogP contribution in [0.1, 0.15) is 41.1 Å². The van der Waals surface area contributed by atoms with E-state index in [0.717, 1.165) is 28.1 Å². The molecule has 4 rings (SSSR count). The van der Waals surface area contributed by atoms with Crippen molar-refractivity contribution in [2.45, 2.75) is 33.0 Å². The minimum Gasteiger partial charge on any atom is -0.481 e. The lowest BCUT2D eigenvalue weighted by Crippen LogP contribution is -2.24. The molecular formula is C29H28FN3O4. The molecule has 0 fully saturated rings. The van der Waals surface area contributed by atoms with Crippen LogP contribution in [0, 0.1) is 18.7 Å². The Morgan fingerprint density at radius 3 is 2.32 bits per heavy atom. The van der Waals surface area contributed by atoms with E-state index < -0.39 is 18.0 Å². The van der Waals surface area contributed by atoms with Gasteiger partial charge in [-0.05, 0) is 67.3 Å². The number of carboxylic acids is 1. The topological polar surface area (TPSA) is 96.8 Å². The molecule has 2 N–H and O–H groups in total. The number of hydrogen-bond acceptors (Lipinski definition) is 5. The summed E-state index contributed by atoms with van der Waals surface area (Å²) in [7, 11) is 0. The van der Waals surface area contributed by atoms with Crippen molar-refractivity contribution in [2.24, 2.45) is 11.1 Å². The number of aromatic nitrogens is 2. The zero-order valence-electron chi connectivity index (χ0n) is 20.6. The smallest absolute Gasteiger partial charge is 0.312 e. The highest BCUT2D eigenvalue weighted by molar-refractivity contribution is 6.00. The average Bonchev–Trinajstić information content (AvgIpc) is 3.33. The van der Waals surface area contributed by atoms with E-state index in [9.17, 15) is 14.3 Å². The number of H-pyrrole nitrogens is 1. The number of carbonyl (C=O) groups is 1. The maximum atomic E-state index is 13.0. The third kappa shape index (κ3) is 7.04. The van der Waals surface area contributed by atoms with Crippen LogP contribution in [0.3, 0.4) is 0 Å². The monoisotopic (exact) mass is 501 g/mol. The number of rotatable bonds is 11. The summed E-state index contributed by atoms with van der Waals surface area (Å²) < 4.78 is 19.3. The molecule has 0 saturated heterocycles. The number of benzene rings is 3. The first kappa shape index (κ1) is 25.6. The van der Waals surface area contributed by atoms with Gasteiger partial charge in [0, 0.05) is 5.69 Å². The lowest BCUT2D eigenvalue weighted by atomic mass is 9.95. The molecule has 0 amide bonds. The number of nitrogens with one attached hydrogen (secondary N) is 1. The van der Waals surface area contributed by atoms with E-state index in [2.05, 4.69) is 15.4 Å². The van der Waals surface area contributed by atoms with Gasteiger partial charge in [-0.3, -0.25) is 9.89 Å². The Labute approximate surface area is 214 Å². The van der Waals surface area contributed by atoms with Crippen LogP contribution in [0.4, 0.5) is 4.39 Å². The minimum atomic E-state index is -0.995. The quantitative estimate of drug-likeness (QED) is 0.198. The third-order valence-corrected chi connectivity index (χ3v) is 5.87. The number of carboxylic acid groups (broad SMARTS) is 1. The van der Waals surface area contributed by atoms with E-state index in [0.29, 0.717) is 11.5 Å². The number of hydrogen-bond donors (Lipinski definition) is 2. The lowest BCUT2D eigenvalue weighted by molar-refractivity contribution is -0.139. The van der Waals surface area contributed by atoms with Gasteiger partial charge in [-0.25, -0.2) is 4.39 Å². The van der Waals surface area contributed by atoms with Crippen LogP contribution in [0.25, 0.3) is 0 Å². The van der Waals surface area contributed by atoms with Gasteiger partial charge in [0.25, 0.3) is 0 Å². The molecule has 1 aromatic heterocycles. The highest BCUT2D eigenvalue weighted by atomic mass is 19.1. The fraction of sp³-hybridized carbons (Fsp3) is 0.207. The highest BCUT2D eigenvalue weighted by Gasteiger charge is 2.23. The predicted octanol–water partition coefficient (Wildman–Crippen LogP) is 5.86. The van der Waals surface area contributed by atoms with Crippen LogP contribution in [-0.4, -0.2) is 27.0 Å². The summed E-state index contributed by atoms with van der Waals surface area (Å²) in [5, 5.41) is 21.1. The van der Waals surface area contributed by atoms with E-state index in [1.807, 2.05) is 67.6 Å². The van der Waals surface area contributed by atoms with Crippen LogP contribution in [0.5, 0.6) is 5.75 Å². The van der Waals surface area contributed by atoms with Gasteiger partial charge < -0.3 is 14.7 Å². The van der Waals surface area contributed by atoms with Crippen molar-refractivity contribution >= 4 is 11.7 Å². The van der Waals surface area contributed by atoms with E-state index in [4.69, 9.17) is 9.57 Å². The van der Waals surface area contributed by atoms with Crippen LogP contribution in [0.15, 0.2) is 90.1 Å². The number of halogens is 1. The fourth-order valence-corrected chi connectivity index (χ4v) is 3.84. The normalized spacial score (nSPS) is 13.1. The number of nitrogens with zero attached hydrogens (tertiary/aromatic N) is 2. The Kier molecular flexibility index (Phi) is 8.30. The maximum absolute atomic E-state index is 13.0. The van der Waals surface area contributed by atoms with Crippen LogP contribution >= 0.6 is 0 Å². The van der Waals surface area contributed by atoms with Crippen molar-refractivity contribution in [3.05, 3.63) is 119 Å². The molecule has 1 heterocycles. The number of oxime groups is 1. The van der Waals surface area contributed by atoms with Crippen LogP contribution in [0.2, 0.25) is 0 Å². The molecular weight excluding hydrogens is 473 g/mol. The van der Waals surface area contributed by atoms with Gasteiger partial charge in [0.1, 0.15) is 29.8 Å². The standard InChI is InChI=1S/C29H28FN3O4/c1-19-16-27(32-31-19)28(23-6-4-3-5-7-23)37-25-14-10-21(11-15-25)17-26(29(34)35)20(2)33-36-18-22-8-12-24(30)13-9-22/h3-16,26,28H,17-18H2,1-2H3,(H,31,32)(H,34,35). The second-order valence-corrected chi connectivity index (χ2v) is 8.76. The molecule has 0 spiro atoms. The summed E-state index contributed by atoms with van der Waals surface area (Å²) in [6.07, 6.45) is -0.151. The van der Waals surface area contributed by atoms with Crippen LogP contribution in [-0.2, 0) is 22.7 Å². The van der Waals surface area contributed by atoms with Gasteiger partial charge in [0.05, 0.1) is 5.71 Å². The first-order valence-corrected chi connectivity index (χ1v) is 11.8. The van der Waals surface area contributed by atoms with Crippen molar-refractivity contribution in [1.82, 2.24) is 10.2 Å². The molecule has 3 aromatic carbocycles. The summed E-state index contributed by atoms with van der Waals surface area (Å²) >= 11 is 0. The molecule has 37 heavy (non-hydrogen) atoms. The molecule has 190 valence electrons. The second-order valence-electron chi connectivity index (χ2n) is 8.76. The lowest BCUT2D eigenvalue weighted by Gasteiger charge is -2.18. The van der Waals surface area contributed by atoms with Crippen molar-refractivity contribution in [1.29, 1.82) is 0 Å². The van der Waals surface area contributed by atoms with Crippen molar-refractivity contribution < 1.29 is 23.9 Å². The summed E-state index contributed by atoms with van der Waals surface area (Å²) in [4.78, 5) is 17.2. The molecule has 2 unspecified atom stereocenters. The van der Waals surface area contributed by atoms with Crippen LogP contribution < -0.4 is 4.74 Å². The Morgan fingerprint density at radius 2 is 1.70 bits per heavy atom. The van der Waals surface area contributed by atoms with Gasteiger partial charge in [0.15, 0.2) is 6.10 Å². The van der Waals surface area contributed by atoms with Gasteiger partial charge in [-0.15, -0.1) is 0 Å². The van der Waals surface area contributed by atoms with Crippen molar-refractivity contribution in [3.8, 4) is 5.75 Å². The molecule has 0 aliphatic rings. The SMILES string of the molecule is CC(=NOCc1ccc(F)cc1)C(Cc1ccc(OC(c2ccccc2)c2cc(C)[nH]n2)cc1)C(=O)O. The number of aromatic amines is 1. The summed E-state index contributed by atoms with van der Waals surface area (Å²) in [5.41, 5.74) is 4.57. The number of aryl methyl sites for hydroxylation is 1. The van der Waals surface area contributed by atoms with Crippen molar-refractivity contribution in [2.75, 3.05) is 0 Å². The Bertz CT molecular complexity index is 1340. The average molecular weight is 502 g/mol.